The number of ether oxygens (including phenoxy) is 1. The maximum Gasteiger partial charge on any atom is 0.239 e. The average molecular weight is 270 g/mol. The van der Waals surface area contributed by atoms with Crippen molar-refractivity contribution in [2.24, 2.45) is 0 Å². The predicted octanol–water partition coefficient (Wildman–Crippen LogP) is 2.18. The minimum Gasteiger partial charge on any atom is -0.380 e. The molecule has 4 heteroatoms. The van der Waals surface area contributed by atoms with Crippen molar-refractivity contribution in [3.05, 3.63) is 0 Å². The van der Waals surface area contributed by atoms with Crippen molar-refractivity contribution in [3.8, 4) is 0 Å². The van der Waals surface area contributed by atoms with Gasteiger partial charge >= 0.3 is 0 Å². The van der Waals surface area contributed by atoms with Crippen LogP contribution in [0.25, 0.3) is 0 Å². The predicted molar refractivity (Wildman–Crippen MR) is 78.2 cm³/mol. The first-order chi connectivity index (χ1) is 9.25. The van der Waals surface area contributed by atoms with Gasteiger partial charge in [-0.25, -0.2) is 0 Å². The van der Waals surface area contributed by atoms with E-state index < -0.39 is 0 Å². The summed E-state index contributed by atoms with van der Waals surface area (Å²) in [5.41, 5.74) is 0. The lowest BCUT2D eigenvalue weighted by Crippen LogP contribution is -2.46. The van der Waals surface area contributed by atoms with E-state index in [0.717, 1.165) is 51.9 Å². The molecule has 1 rings (SSSR count). The van der Waals surface area contributed by atoms with Gasteiger partial charge in [-0.1, -0.05) is 26.2 Å². The molecule has 0 saturated carbocycles. The molecular formula is C15H30N2O2. The van der Waals surface area contributed by atoms with Crippen molar-refractivity contribution in [1.29, 1.82) is 0 Å². The molecule has 1 atom stereocenters. The highest BCUT2D eigenvalue weighted by atomic mass is 16.5. The second-order valence-electron chi connectivity index (χ2n) is 5.38. The summed E-state index contributed by atoms with van der Waals surface area (Å²) in [5.74, 6) is 0.246. The van der Waals surface area contributed by atoms with Crippen molar-refractivity contribution in [2.45, 2.75) is 58.4 Å². The van der Waals surface area contributed by atoms with E-state index in [-0.39, 0.29) is 11.9 Å². The third-order valence-electron chi connectivity index (χ3n) is 3.63. The van der Waals surface area contributed by atoms with E-state index in [4.69, 9.17) is 4.74 Å². The van der Waals surface area contributed by atoms with Gasteiger partial charge in [-0.2, -0.15) is 0 Å². The quantitative estimate of drug-likeness (QED) is 0.687. The molecular weight excluding hydrogens is 240 g/mol. The van der Waals surface area contributed by atoms with E-state index in [0.29, 0.717) is 6.61 Å². The summed E-state index contributed by atoms with van der Waals surface area (Å²) in [7, 11) is 0. The Morgan fingerprint density at radius 3 is 2.53 bits per heavy atom. The van der Waals surface area contributed by atoms with Crippen LogP contribution in [0.15, 0.2) is 0 Å². The second-order valence-corrected chi connectivity index (χ2v) is 5.38. The summed E-state index contributed by atoms with van der Waals surface area (Å²) in [6.07, 6.45) is 7.10. The van der Waals surface area contributed by atoms with Crippen molar-refractivity contribution >= 4 is 5.91 Å². The Bertz CT molecular complexity index is 238. The van der Waals surface area contributed by atoms with Crippen LogP contribution in [0, 0.1) is 0 Å². The fourth-order valence-corrected chi connectivity index (χ4v) is 2.35. The molecule has 1 saturated heterocycles. The Kier molecular flexibility index (Phi) is 8.84. The number of carbonyl (C=O) groups excluding carboxylic acids is 1. The smallest absolute Gasteiger partial charge is 0.239 e. The van der Waals surface area contributed by atoms with Crippen LogP contribution in [0.3, 0.4) is 0 Å². The first-order valence-corrected chi connectivity index (χ1v) is 7.85. The van der Waals surface area contributed by atoms with Gasteiger partial charge < -0.3 is 15.0 Å². The lowest BCUT2D eigenvalue weighted by Gasteiger charge is -2.24. The molecule has 1 fully saturated rings. The first-order valence-electron chi connectivity index (χ1n) is 7.85. The largest absolute Gasteiger partial charge is 0.380 e. The normalized spacial score (nSPS) is 18.1. The van der Waals surface area contributed by atoms with E-state index in [1.807, 2.05) is 11.8 Å². The Labute approximate surface area is 117 Å². The molecule has 4 nitrogen and oxygen atoms in total. The number of carbonyl (C=O) groups is 1. The summed E-state index contributed by atoms with van der Waals surface area (Å²) in [6, 6.07) is -0.0899. The molecule has 0 radical (unpaired) electrons. The number of hydrogen-bond acceptors (Lipinski definition) is 3. The van der Waals surface area contributed by atoms with E-state index in [2.05, 4.69) is 12.2 Å². The van der Waals surface area contributed by atoms with E-state index in [1.165, 1.54) is 12.8 Å². The fourth-order valence-electron chi connectivity index (χ4n) is 2.35. The Balaban J connectivity index is 2.13. The van der Waals surface area contributed by atoms with Crippen LogP contribution in [-0.4, -0.2) is 49.7 Å². The monoisotopic (exact) mass is 270 g/mol. The highest BCUT2D eigenvalue weighted by molar-refractivity contribution is 5.81. The van der Waals surface area contributed by atoms with Crippen LogP contribution < -0.4 is 5.32 Å². The van der Waals surface area contributed by atoms with Crippen LogP contribution in [0.2, 0.25) is 0 Å². The fraction of sp³-hybridized carbons (Fsp3) is 0.933. The number of nitrogens with zero attached hydrogens (tertiary/aromatic N) is 1. The molecule has 1 amide bonds. The average Bonchev–Trinajstić information content (AvgIpc) is 2.70. The van der Waals surface area contributed by atoms with Crippen molar-refractivity contribution in [1.82, 2.24) is 10.2 Å². The summed E-state index contributed by atoms with van der Waals surface area (Å²) in [4.78, 5) is 14.3. The van der Waals surface area contributed by atoms with Crippen LogP contribution >= 0.6 is 0 Å². The van der Waals surface area contributed by atoms with Crippen LogP contribution in [0.4, 0.5) is 0 Å². The minimum absolute atomic E-state index is 0.0899. The van der Waals surface area contributed by atoms with Crippen LogP contribution in [0.1, 0.15) is 52.4 Å². The molecule has 1 aliphatic heterocycles. The molecule has 0 spiro atoms. The molecule has 1 unspecified atom stereocenters. The van der Waals surface area contributed by atoms with Gasteiger partial charge in [0.2, 0.25) is 5.91 Å². The highest BCUT2D eigenvalue weighted by Crippen LogP contribution is 2.10. The van der Waals surface area contributed by atoms with Crippen LogP contribution in [-0.2, 0) is 9.53 Å². The number of amides is 1. The summed E-state index contributed by atoms with van der Waals surface area (Å²) in [6.45, 7) is 8.24. The standard InChI is InChI=1S/C15H30N2O2/c1-3-4-12-19-13-9-16-14(2)15(18)17-10-7-5-6-8-11-17/h14,16H,3-13H2,1-2H3. The number of likely N-dealkylation sites (tertiary alicyclic amines) is 1. The van der Waals surface area contributed by atoms with Gasteiger partial charge in [0.15, 0.2) is 0 Å². The summed E-state index contributed by atoms with van der Waals surface area (Å²) in [5, 5.41) is 3.26. The SMILES string of the molecule is CCCCOCCNC(C)C(=O)N1CCCCCC1. The lowest BCUT2D eigenvalue weighted by molar-refractivity contribution is -0.133. The molecule has 19 heavy (non-hydrogen) atoms. The molecule has 0 aromatic heterocycles. The van der Waals surface area contributed by atoms with Crippen molar-refractivity contribution < 1.29 is 9.53 Å². The minimum atomic E-state index is -0.0899. The maximum absolute atomic E-state index is 12.2. The number of unbranched alkanes of at least 4 members (excludes halogenated alkanes) is 1. The van der Waals surface area contributed by atoms with Gasteiger partial charge in [-0.15, -0.1) is 0 Å². The number of hydrogen-bond donors (Lipinski definition) is 1. The molecule has 0 aromatic carbocycles. The second kappa shape index (κ2) is 10.2. The molecule has 1 N–H and O–H groups in total. The zero-order chi connectivity index (χ0) is 13.9. The van der Waals surface area contributed by atoms with Gasteiger partial charge in [-0.05, 0) is 26.2 Å². The van der Waals surface area contributed by atoms with Crippen molar-refractivity contribution in [3.63, 3.8) is 0 Å². The van der Waals surface area contributed by atoms with Gasteiger partial charge in [0, 0.05) is 26.2 Å². The van der Waals surface area contributed by atoms with E-state index in [1.54, 1.807) is 0 Å². The molecule has 0 aromatic rings. The maximum atomic E-state index is 12.2. The number of rotatable bonds is 8. The van der Waals surface area contributed by atoms with Crippen LogP contribution in [0.5, 0.6) is 0 Å². The Hall–Kier alpha value is -0.610. The topological polar surface area (TPSA) is 41.6 Å². The number of nitrogens with one attached hydrogen (secondary N) is 1. The van der Waals surface area contributed by atoms with E-state index >= 15 is 0 Å². The van der Waals surface area contributed by atoms with Gasteiger partial charge in [0.1, 0.15) is 0 Å². The molecule has 0 aliphatic carbocycles. The van der Waals surface area contributed by atoms with Gasteiger partial charge in [0.25, 0.3) is 0 Å². The third kappa shape index (κ3) is 6.92. The molecule has 0 bridgehead atoms. The first kappa shape index (κ1) is 16.4. The third-order valence-corrected chi connectivity index (χ3v) is 3.63. The molecule has 1 aliphatic rings. The summed E-state index contributed by atoms with van der Waals surface area (Å²) < 4.78 is 5.48. The van der Waals surface area contributed by atoms with E-state index in [9.17, 15) is 4.79 Å². The van der Waals surface area contributed by atoms with Gasteiger partial charge in [0.05, 0.1) is 12.6 Å². The van der Waals surface area contributed by atoms with Gasteiger partial charge in [-0.3, -0.25) is 4.79 Å². The summed E-state index contributed by atoms with van der Waals surface area (Å²) >= 11 is 0. The molecule has 1 heterocycles. The Morgan fingerprint density at radius 1 is 1.21 bits per heavy atom. The zero-order valence-corrected chi connectivity index (χ0v) is 12.6. The Morgan fingerprint density at radius 2 is 1.89 bits per heavy atom. The lowest BCUT2D eigenvalue weighted by atomic mass is 10.2. The highest BCUT2D eigenvalue weighted by Gasteiger charge is 2.20. The zero-order valence-electron chi connectivity index (χ0n) is 12.6. The molecule has 112 valence electrons. The van der Waals surface area contributed by atoms with Crippen molar-refractivity contribution in [2.75, 3.05) is 32.8 Å².